The Morgan fingerprint density at radius 2 is 2.08 bits per heavy atom. The van der Waals surface area contributed by atoms with E-state index >= 15 is 0 Å². The standard InChI is InChI=1S/C15H12ClN3O3S2/c16-9-1-3-10(4-2-9)17-15-19-18-14(22-15)13-11(5-7-24-13)23-8-6-12(20)21/h1-5,7H,6,8H2,(H,17,19)(H,20,21). The maximum absolute atomic E-state index is 10.6. The number of aliphatic carboxylic acids is 1. The van der Waals surface area contributed by atoms with Crippen LogP contribution in [0.3, 0.4) is 0 Å². The number of anilines is 2. The highest BCUT2D eigenvalue weighted by molar-refractivity contribution is 7.99. The van der Waals surface area contributed by atoms with Crippen molar-refractivity contribution in [1.29, 1.82) is 0 Å². The number of benzene rings is 1. The van der Waals surface area contributed by atoms with Gasteiger partial charge >= 0.3 is 12.0 Å². The number of thioether (sulfide) groups is 1. The third-order valence-corrected chi connectivity index (χ3v) is 5.26. The van der Waals surface area contributed by atoms with Gasteiger partial charge in [-0.1, -0.05) is 16.7 Å². The molecule has 0 aliphatic rings. The second kappa shape index (κ2) is 7.69. The molecule has 0 fully saturated rings. The highest BCUT2D eigenvalue weighted by Crippen LogP contribution is 2.36. The van der Waals surface area contributed by atoms with Crippen molar-refractivity contribution in [3.05, 3.63) is 40.7 Å². The minimum Gasteiger partial charge on any atom is -0.481 e. The van der Waals surface area contributed by atoms with Crippen LogP contribution in [0.5, 0.6) is 0 Å². The topological polar surface area (TPSA) is 88.2 Å². The van der Waals surface area contributed by atoms with Gasteiger partial charge in [0.25, 0.3) is 5.89 Å². The van der Waals surface area contributed by atoms with Crippen molar-refractivity contribution in [1.82, 2.24) is 10.2 Å². The molecule has 9 heteroatoms. The molecule has 0 radical (unpaired) electrons. The Morgan fingerprint density at radius 1 is 1.29 bits per heavy atom. The van der Waals surface area contributed by atoms with E-state index in [2.05, 4.69) is 15.5 Å². The molecule has 0 unspecified atom stereocenters. The highest BCUT2D eigenvalue weighted by Gasteiger charge is 2.15. The van der Waals surface area contributed by atoms with Crippen molar-refractivity contribution >= 4 is 52.4 Å². The second-order valence-corrected chi connectivity index (χ2v) is 7.14. The number of carboxylic acid groups (broad SMARTS) is 1. The van der Waals surface area contributed by atoms with Gasteiger partial charge in [0.05, 0.1) is 6.42 Å². The first-order chi connectivity index (χ1) is 11.6. The third-order valence-electron chi connectivity index (χ3n) is 2.92. The van der Waals surface area contributed by atoms with Gasteiger partial charge in [0, 0.05) is 21.4 Å². The number of nitrogens with zero attached hydrogens (tertiary/aromatic N) is 2. The van der Waals surface area contributed by atoms with Gasteiger partial charge in [-0.2, -0.15) is 0 Å². The molecule has 124 valence electrons. The van der Waals surface area contributed by atoms with Gasteiger partial charge in [-0.05, 0) is 35.7 Å². The molecule has 2 aromatic heterocycles. The number of rotatable bonds is 7. The zero-order valence-corrected chi connectivity index (χ0v) is 14.6. The fraction of sp³-hybridized carbons (Fsp3) is 0.133. The van der Waals surface area contributed by atoms with Crippen LogP contribution in [0.25, 0.3) is 10.8 Å². The lowest BCUT2D eigenvalue weighted by molar-refractivity contribution is -0.136. The van der Waals surface area contributed by atoms with Gasteiger partial charge in [-0.15, -0.1) is 28.2 Å². The van der Waals surface area contributed by atoms with E-state index in [9.17, 15) is 4.79 Å². The average molecular weight is 382 g/mol. The van der Waals surface area contributed by atoms with E-state index in [0.717, 1.165) is 15.5 Å². The van der Waals surface area contributed by atoms with Crippen LogP contribution < -0.4 is 5.32 Å². The quantitative estimate of drug-likeness (QED) is 0.570. The van der Waals surface area contributed by atoms with E-state index in [4.69, 9.17) is 21.1 Å². The number of hydrogen-bond donors (Lipinski definition) is 2. The molecule has 0 atom stereocenters. The summed E-state index contributed by atoms with van der Waals surface area (Å²) in [4.78, 5) is 12.4. The molecule has 0 aliphatic carbocycles. The normalized spacial score (nSPS) is 10.7. The average Bonchev–Trinajstić information content (AvgIpc) is 3.18. The van der Waals surface area contributed by atoms with Crippen molar-refractivity contribution in [2.24, 2.45) is 0 Å². The summed E-state index contributed by atoms with van der Waals surface area (Å²) in [6.07, 6.45) is 0.104. The summed E-state index contributed by atoms with van der Waals surface area (Å²) in [7, 11) is 0. The smallest absolute Gasteiger partial charge is 0.320 e. The summed E-state index contributed by atoms with van der Waals surface area (Å²) in [5, 5.41) is 22.3. The SMILES string of the molecule is O=C(O)CCSc1ccsc1-c1nnc(Nc2ccc(Cl)cc2)o1. The Morgan fingerprint density at radius 3 is 2.83 bits per heavy atom. The van der Waals surface area contributed by atoms with Crippen molar-refractivity contribution in [3.8, 4) is 10.8 Å². The molecule has 1 aromatic carbocycles. The Labute approximate surface area is 150 Å². The molecule has 0 saturated heterocycles. The number of hydrogen-bond acceptors (Lipinski definition) is 7. The van der Waals surface area contributed by atoms with Crippen LogP contribution in [-0.4, -0.2) is 27.0 Å². The molecular weight excluding hydrogens is 370 g/mol. The fourth-order valence-corrected chi connectivity index (χ4v) is 3.96. The third kappa shape index (κ3) is 4.28. The Kier molecular flexibility index (Phi) is 5.39. The van der Waals surface area contributed by atoms with Crippen LogP contribution in [0.2, 0.25) is 5.02 Å². The molecule has 24 heavy (non-hydrogen) atoms. The Bertz CT molecular complexity index is 833. The summed E-state index contributed by atoms with van der Waals surface area (Å²) in [5.41, 5.74) is 0.789. The highest BCUT2D eigenvalue weighted by atomic mass is 35.5. The van der Waals surface area contributed by atoms with Crippen LogP contribution in [0, 0.1) is 0 Å². The number of nitrogens with one attached hydrogen (secondary N) is 1. The summed E-state index contributed by atoms with van der Waals surface area (Å²) < 4.78 is 5.64. The van der Waals surface area contributed by atoms with Crippen molar-refractivity contribution in [2.45, 2.75) is 11.3 Å². The number of carbonyl (C=O) groups is 1. The van der Waals surface area contributed by atoms with Crippen molar-refractivity contribution in [2.75, 3.05) is 11.1 Å². The summed E-state index contributed by atoms with van der Waals surface area (Å²) in [5.74, 6) is 0.0779. The minimum absolute atomic E-state index is 0.104. The fourth-order valence-electron chi connectivity index (χ4n) is 1.84. The van der Waals surface area contributed by atoms with E-state index in [1.807, 2.05) is 23.6 Å². The molecule has 0 aliphatic heterocycles. The molecular formula is C15H12ClN3O3S2. The first kappa shape index (κ1) is 16.8. The molecule has 3 rings (SSSR count). The number of thiophene rings is 1. The van der Waals surface area contributed by atoms with Gasteiger partial charge in [-0.3, -0.25) is 4.79 Å². The Balaban J connectivity index is 1.70. The Hall–Kier alpha value is -2.03. The van der Waals surface area contributed by atoms with Crippen LogP contribution in [0.1, 0.15) is 6.42 Å². The molecule has 0 bridgehead atoms. The van der Waals surface area contributed by atoms with E-state index in [-0.39, 0.29) is 12.4 Å². The predicted molar refractivity (Wildman–Crippen MR) is 95.3 cm³/mol. The van der Waals surface area contributed by atoms with Gasteiger partial charge in [0.15, 0.2) is 0 Å². The predicted octanol–water partition coefficient (Wildman–Crippen LogP) is 4.76. The summed E-state index contributed by atoms with van der Waals surface area (Å²) in [6, 6.07) is 9.34. The first-order valence-electron chi connectivity index (χ1n) is 6.90. The van der Waals surface area contributed by atoms with Crippen LogP contribution in [0.15, 0.2) is 45.0 Å². The molecule has 0 amide bonds. The maximum Gasteiger partial charge on any atom is 0.320 e. The molecule has 2 N–H and O–H groups in total. The van der Waals surface area contributed by atoms with E-state index < -0.39 is 5.97 Å². The summed E-state index contributed by atoms with van der Waals surface area (Å²) in [6.45, 7) is 0. The van der Waals surface area contributed by atoms with Crippen LogP contribution >= 0.6 is 34.7 Å². The number of halogens is 1. The monoisotopic (exact) mass is 381 g/mol. The molecule has 3 aromatic rings. The van der Waals surface area contributed by atoms with Crippen LogP contribution in [0.4, 0.5) is 11.7 Å². The van der Waals surface area contributed by atoms with Gasteiger partial charge in [0.2, 0.25) is 0 Å². The maximum atomic E-state index is 10.6. The lowest BCUT2D eigenvalue weighted by atomic mass is 10.3. The zero-order valence-electron chi connectivity index (χ0n) is 12.2. The lowest BCUT2D eigenvalue weighted by Gasteiger charge is -2.01. The van der Waals surface area contributed by atoms with Gasteiger partial charge in [0.1, 0.15) is 4.88 Å². The number of aromatic nitrogens is 2. The lowest BCUT2D eigenvalue weighted by Crippen LogP contribution is -1.95. The second-order valence-electron chi connectivity index (χ2n) is 4.65. The molecule has 0 spiro atoms. The first-order valence-corrected chi connectivity index (χ1v) is 9.14. The van der Waals surface area contributed by atoms with Crippen molar-refractivity contribution in [3.63, 3.8) is 0 Å². The summed E-state index contributed by atoms with van der Waals surface area (Å²) >= 11 is 8.78. The van der Waals surface area contributed by atoms with E-state index in [1.165, 1.54) is 23.1 Å². The molecule has 0 saturated carbocycles. The minimum atomic E-state index is -0.813. The van der Waals surface area contributed by atoms with Gasteiger partial charge in [-0.25, -0.2) is 0 Å². The van der Waals surface area contributed by atoms with Crippen LogP contribution in [-0.2, 0) is 4.79 Å². The van der Waals surface area contributed by atoms with Crippen molar-refractivity contribution < 1.29 is 14.3 Å². The molecule has 2 heterocycles. The zero-order chi connectivity index (χ0) is 16.9. The largest absolute Gasteiger partial charge is 0.481 e. The number of carboxylic acids is 1. The van der Waals surface area contributed by atoms with E-state index in [0.29, 0.717) is 16.7 Å². The van der Waals surface area contributed by atoms with Gasteiger partial charge < -0.3 is 14.8 Å². The van der Waals surface area contributed by atoms with E-state index in [1.54, 1.807) is 12.1 Å². The molecule has 6 nitrogen and oxygen atoms in total.